The van der Waals surface area contributed by atoms with Crippen molar-refractivity contribution in [1.82, 2.24) is 14.9 Å². The maximum Gasteiger partial charge on any atom is 0.228 e. The van der Waals surface area contributed by atoms with Gasteiger partial charge in [0.2, 0.25) is 5.91 Å². The Hall–Kier alpha value is -1.95. The quantitative estimate of drug-likeness (QED) is 0.942. The van der Waals surface area contributed by atoms with Crippen LogP contribution in [0.15, 0.2) is 29.8 Å². The second kappa shape index (κ2) is 6.87. The van der Waals surface area contributed by atoms with Crippen molar-refractivity contribution in [2.75, 3.05) is 18.4 Å². The Balaban J connectivity index is 1.56. The van der Waals surface area contributed by atoms with E-state index in [4.69, 9.17) is 0 Å². The van der Waals surface area contributed by atoms with Crippen LogP contribution in [0.25, 0.3) is 0 Å². The Kier molecular flexibility index (Phi) is 4.68. The molecule has 0 saturated carbocycles. The van der Waals surface area contributed by atoms with Gasteiger partial charge in [0.05, 0.1) is 12.1 Å². The van der Waals surface area contributed by atoms with Gasteiger partial charge in [0.1, 0.15) is 5.82 Å². The van der Waals surface area contributed by atoms with Gasteiger partial charge in [0, 0.05) is 24.7 Å². The van der Waals surface area contributed by atoms with Gasteiger partial charge in [-0.1, -0.05) is 13.0 Å². The van der Waals surface area contributed by atoms with Crippen molar-refractivity contribution in [3.05, 3.63) is 35.5 Å². The second-order valence-corrected chi connectivity index (χ2v) is 6.58. The normalized spacial score (nSPS) is 15.8. The first-order valence-corrected chi connectivity index (χ1v) is 8.49. The van der Waals surface area contributed by atoms with Gasteiger partial charge in [-0.15, -0.1) is 11.3 Å². The highest BCUT2D eigenvalue weighted by Crippen LogP contribution is 2.21. The Morgan fingerprint density at radius 3 is 2.95 bits per heavy atom. The number of amides is 1. The molecule has 1 saturated heterocycles. The lowest BCUT2D eigenvalue weighted by atomic mass is 9.99. The molecule has 0 bridgehead atoms. The summed E-state index contributed by atoms with van der Waals surface area (Å²) in [6, 6.07) is 5.68. The number of piperidine rings is 1. The zero-order chi connectivity index (χ0) is 15.4. The topological polar surface area (TPSA) is 58.1 Å². The number of thiazole rings is 1. The van der Waals surface area contributed by atoms with E-state index in [0.29, 0.717) is 6.42 Å². The summed E-state index contributed by atoms with van der Waals surface area (Å²) in [6.07, 6.45) is 4.33. The highest BCUT2D eigenvalue weighted by atomic mass is 32.1. The summed E-state index contributed by atoms with van der Waals surface area (Å²) in [6.45, 7) is 4.00. The third-order valence-corrected chi connectivity index (χ3v) is 4.73. The minimum absolute atomic E-state index is 0.182. The van der Waals surface area contributed by atoms with Crippen LogP contribution >= 0.6 is 11.3 Å². The Bertz CT molecular complexity index is 620. The van der Waals surface area contributed by atoms with Crippen molar-refractivity contribution in [3.63, 3.8) is 0 Å². The average Bonchev–Trinajstić information content (AvgIpc) is 2.96. The van der Waals surface area contributed by atoms with E-state index in [9.17, 15) is 4.79 Å². The number of likely N-dealkylation sites (tertiary alicyclic amines) is 1. The summed E-state index contributed by atoms with van der Waals surface area (Å²) in [7, 11) is 0. The lowest BCUT2D eigenvalue weighted by Crippen LogP contribution is -2.38. The van der Waals surface area contributed by atoms with E-state index < -0.39 is 0 Å². The molecule has 1 aliphatic rings. The molecule has 3 rings (SSSR count). The van der Waals surface area contributed by atoms with Crippen molar-refractivity contribution in [3.8, 4) is 0 Å². The first-order chi connectivity index (χ1) is 10.7. The van der Waals surface area contributed by atoms with Crippen molar-refractivity contribution in [1.29, 1.82) is 0 Å². The summed E-state index contributed by atoms with van der Waals surface area (Å²) >= 11 is 1.50. The first kappa shape index (κ1) is 15.0. The number of nitrogens with one attached hydrogen (secondary N) is 1. The number of hydrogen-bond donors (Lipinski definition) is 1. The zero-order valence-corrected chi connectivity index (χ0v) is 13.5. The van der Waals surface area contributed by atoms with Crippen molar-refractivity contribution in [2.24, 2.45) is 5.92 Å². The molecular formula is C16H20N4OS. The number of hydrogen-bond acceptors (Lipinski definition) is 5. The molecule has 2 aromatic rings. The predicted octanol–water partition coefficient (Wildman–Crippen LogP) is 3.08. The van der Waals surface area contributed by atoms with Gasteiger partial charge in [-0.3, -0.25) is 4.79 Å². The lowest BCUT2D eigenvalue weighted by Gasteiger charge is -2.30. The monoisotopic (exact) mass is 316 g/mol. The van der Waals surface area contributed by atoms with Crippen LogP contribution in [-0.4, -0.2) is 33.9 Å². The highest BCUT2D eigenvalue weighted by Gasteiger charge is 2.21. The molecule has 3 heterocycles. The van der Waals surface area contributed by atoms with Crippen molar-refractivity contribution < 1.29 is 4.79 Å². The smallest absolute Gasteiger partial charge is 0.228 e. The van der Waals surface area contributed by atoms with Gasteiger partial charge in [-0.2, -0.15) is 0 Å². The van der Waals surface area contributed by atoms with Crippen LogP contribution in [0.3, 0.4) is 0 Å². The van der Waals surface area contributed by atoms with E-state index in [-0.39, 0.29) is 5.91 Å². The zero-order valence-electron chi connectivity index (χ0n) is 12.7. The number of rotatable bonds is 4. The molecule has 1 N–H and O–H groups in total. The molecule has 0 spiro atoms. The summed E-state index contributed by atoms with van der Waals surface area (Å²) < 4.78 is 0. The van der Waals surface area contributed by atoms with Crippen LogP contribution in [0.2, 0.25) is 0 Å². The molecule has 22 heavy (non-hydrogen) atoms. The van der Waals surface area contributed by atoms with E-state index in [1.807, 2.05) is 28.5 Å². The second-order valence-electron chi connectivity index (χ2n) is 5.72. The van der Waals surface area contributed by atoms with Gasteiger partial charge in [0.25, 0.3) is 0 Å². The number of carbonyl (C=O) groups excluding carboxylic acids is 1. The summed E-state index contributed by atoms with van der Waals surface area (Å²) in [5.74, 6) is 1.68. The third kappa shape index (κ3) is 3.82. The fourth-order valence-corrected chi connectivity index (χ4v) is 3.23. The third-order valence-electron chi connectivity index (χ3n) is 3.92. The molecule has 1 aliphatic heterocycles. The molecule has 0 atom stereocenters. The van der Waals surface area contributed by atoms with Crippen molar-refractivity contribution in [2.45, 2.75) is 26.2 Å². The number of aromatic nitrogens is 2. The van der Waals surface area contributed by atoms with Crippen molar-refractivity contribution >= 4 is 28.2 Å². The minimum Gasteiger partial charge on any atom is -0.342 e. The Morgan fingerprint density at radius 1 is 1.41 bits per heavy atom. The maximum absolute atomic E-state index is 12.3. The molecule has 1 amide bonds. The van der Waals surface area contributed by atoms with Gasteiger partial charge in [-0.25, -0.2) is 9.97 Å². The standard InChI is InChI=1S/C16H20N4OS/c1-12-5-8-20(9-6-12)15(21)10-13-11-22-16(18-13)19-14-4-2-3-7-17-14/h2-4,7,11-12H,5-6,8-10H2,1H3,(H,17,18,19). The largest absolute Gasteiger partial charge is 0.342 e. The van der Waals surface area contributed by atoms with E-state index in [0.717, 1.165) is 48.5 Å². The SMILES string of the molecule is CC1CCN(C(=O)Cc2csc(Nc3ccccn3)n2)CC1. The summed E-state index contributed by atoms with van der Waals surface area (Å²) in [5, 5.41) is 5.87. The molecule has 116 valence electrons. The lowest BCUT2D eigenvalue weighted by molar-refractivity contribution is -0.131. The van der Waals surface area contributed by atoms with E-state index in [1.54, 1.807) is 6.20 Å². The number of carbonyl (C=O) groups is 1. The van der Waals surface area contributed by atoms with Gasteiger partial charge >= 0.3 is 0 Å². The average molecular weight is 316 g/mol. The van der Waals surface area contributed by atoms with Crippen LogP contribution in [0, 0.1) is 5.92 Å². The molecule has 2 aromatic heterocycles. The van der Waals surface area contributed by atoms with Gasteiger partial charge in [0.15, 0.2) is 5.13 Å². The summed E-state index contributed by atoms with van der Waals surface area (Å²) in [5.41, 5.74) is 0.826. The number of nitrogens with zero attached hydrogens (tertiary/aromatic N) is 3. The number of pyridine rings is 1. The van der Waals surface area contributed by atoms with Crippen LogP contribution in [0.1, 0.15) is 25.5 Å². The molecule has 6 heteroatoms. The van der Waals surface area contributed by atoms with Crippen LogP contribution < -0.4 is 5.32 Å². The van der Waals surface area contributed by atoms with E-state index >= 15 is 0 Å². The van der Waals surface area contributed by atoms with E-state index in [1.165, 1.54) is 11.3 Å². The molecule has 5 nitrogen and oxygen atoms in total. The summed E-state index contributed by atoms with van der Waals surface area (Å²) in [4.78, 5) is 22.9. The fraction of sp³-hybridized carbons (Fsp3) is 0.438. The Labute approximate surface area is 134 Å². The molecular weight excluding hydrogens is 296 g/mol. The van der Waals surface area contributed by atoms with Gasteiger partial charge < -0.3 is 10.2 Å². The fourth-order valence-electron chi connectivity index (χ4n) is 2.52. The van der Waals surface area contributed by atoms with Crippen LogP contribution in [-0.2, 0) is 11.2 Å². The van der Waals surface area contributed by atoms with Crippen LogP contribution in [0.4, 0.5) is 10.9 Å². The highest BCUT2D eigenvalue weighted by molar-refractivity contribution is 7.13. The maximum atomic E-state index is 12.3. The Morgan fingerprint density at radius 2 is 2.23 bits per heavy atom. The van der Waals surface area contributed by atoms with Crippen LogP contribution in [0.5, 0.6) is 0 Å². The number of anilines is 2. The molecule has 0 unspecified atom stereocenters. The van der Waals surface area contributed by atoms with Gasteiger partial charge in [-0.05, 0) is 30.9 Å². The molecule has 0 radical (unpaired) electrons. The molecule has 1 fully saturated rings. The predicted molar refractivity (Wildman–Crippen MR) is 88.3 cm³/mol. The molecule has 0 aromatic carbocycles. The first-order valence-electron chi connectivity index (χ1n) is 7.61. The van der Waals surface area contributed by atoms with E-state index in [2.05, 4.69) is 22.2 Å². The molecule has 0 aliphatic carbocycles. The minimum atomic E-state index is 0.182.